The number of piperidine rings is 1. The fraction of sp³-hybridized carbons (Fsp3) is 0.364. The number of carbonyl (C=O) groups is 1. The van der Waals surface area contributed by atoms with Gasteiger partial charge in [0.15, 0.2) is 0 Å². The van der Waals surface area contributed by atoms with Crippen LogP contribution < -0.4 is 5.32 Å². The zero-order valence-electron chi connectivity index (χ0n) is 17.3. The molecule has 9 heteroatoms. The Labute approximate surface area is 180 Å². The van der Waals surface area contributed by atoms with Crippen molar-refractivity contribution in [2.24, 2.45) is 5.92 Å². The SMILES string of the molecule is Cc1nc2ccccc2n1CCNC(=O)[C@H]1CCCN(S(=O)(=O)c2ccc(F)cc2)C1. The molecular weight excluding hydrogens is 419 g/mol. The van der Waals surface area contributed by atoms with Gasteiger partial charge < -0.3 is 9.88 Å². The van der Waals surface area contributed by atoms with Crippen molar-refractivity contribution in [1.29, 1.82) is 0 Å². The fourth-order valence-corrected chi connectivity index (χ4v) is 5.57. The van der Waals surface area contributed by atoms with Gasteiger partial charge in [-0.1, -0.05) is 12.1 Å². The van der Waals surface area contributed by atoms with Gasteiger partial charge in [-0.05, 0) is 56.2 Å². The van der Waals surface area contributed by atoms with Crippen LogP contribution in [0, 0.1) is 18.7 Å². The molecule has 164 valence electrons. The number of carbonyl (C=O) groups excluding carboxylic acids is 1. The molecule has 4 rings (SSSR count). The number of benzene rings is 2. The number of fused-ring (bicyclic) bond motifs is 1. The minimum Gasteiger partial charge on any atom is -0.354 e. The Kier molecular flexibility index (Phi) is 6.06. The maximum Gasteiger partial charge on any atom is 0.243 e. The molecule has 7 nitrogen and oxygen atoms in total. The van der Waals surface area contributed by atoms with Gasteiger partial charge in [-0.3, -0.25) is 4.79 Å². The summed E-state index contributed by atoms with van der Waals surface area (Å²) in [7, 11) is -3.76. The third-order valence-electron chi connectivity index (χ3n) is 5.69. The summed E-state index contributed by atoms with van der Waals surface area (Å²) in [5.41, 5.74) is 1.93. The van der Waals surface area contributed by atoms with Crippen molar-refractivity contribution in [2.45, 2.75) is 31.2 Å². The summed E-state index contributed by atoms with van der Waals surface area (Å²) in [5.74, 6) is -0.175. The van der Waals surface area contributed by atoms with Crippen LogP contribution in [0.1, 0.15) is 18.7 Å². The summed E-state index contributed by atoms with van der Waals surface area (Å²) in [5, 5.41) is 2.94. The lowest BCUT2D eigenvalue weighted by Gasteiger charge is -2.31. The number of rotatable bonds is 6. The highest BCUT2D eigenvalue weighted by Gasteiger charge is 2.33. The predicted octanol–water partition coefficient (Wildman–Crippen LogP) is 2.70. The van der Waals surface area contributed by atoms with Crippen LogP contribution in [0.2, 0.25) is 0 Å². The molecule has 1 aliphatic rings. The first-order chi connectivity index (χ1) is 14.9. The Morgan fingerprint density at radius 1 is 1.19 bits per heavy atom. The van der Waals surface area contributed by atoms with Crippen molar-refractivity contribution in [1.82, 2.24) is 19.2 Å². The molecule has 2 heterocycles. The van der Waals surface area contributed by atoms with Gasteiger partial charge in [-0.15, -0.1) is 0 Å². The number of hydrogen-bond donors (Lipinski definition) is 1. The van der Waals surface area contributed by atoms with E-state index in [-0.39, 0.29) is 17.3 Å². The number of imidazole rings is 1. The quantitative estimate of drug-likeness (QED) is 0.634. The van der Waals surface area contributed by atoms with Gasteiger partial charge in [0.2, 0.25) is 15.9 Å². The first-order valence-corrected chi connectivity index (χ1v) is 11.8. The largest absolute Gasteiger partial charge is 0.354 e. The zero-order chi connectivity index (χ0) is 22.0. The highest BCUT2D eigenvalue weighted by Crippen LogP contribution is 2.24. The highest BCUT2D eigenvalue weighted by molar-refractivity contribution is 7.89. The topological polar surface area (TPSA) is 84.3 Å². The van der Waals surface area contributed by atoms with Crippen LogP contribution in [0.15, 0.2) is 53.4 Å². The second-order valence-corrected chi connectivity index (χ2v) is 9.68. The van der Waals surface area contributed by atoms with E-state index in [1.165, 1.54) is 16.4 Å². The van der Waals surface area contributed by atoms with Crippen LogP contribution in [0.4, 0.5) is 4.39 Å². The van der Waals surface area contributed by atoms with Crippen molar-refractivity contribution < 1.29 is 17.6 Å². The molecule has 1 N–H and O–H groups in total. The van der Waals surface area contributed by atoms with Crippen molar-refractivity contribution in [3.8, 4) is 0 Å². The van der Waals surface area contributed by atoms with E-state index < -0.39 is 21.8 Å². The van der Waals surface area contributed by atoms with Gasteiger partial charge in [-0.2, -0.15) is 4.31 Å². The third kappa shape index (κ3) is 4.47. The number of nitrogens with one attached hydrogen (secondary N) is 1. The average Bonchev–Trinajstić information content (AvgIpc) is 3.09. The van der Waals surface area contributed by atoms with Crippen molar-refractivity contribution in [2.75, 3.05) is 19.6 Å². The van der Waals surface area contributed by atoms with Crippen LogP contribution in [-0.2, 0) is 21.4 Å². The Balaban J connectivity index is 1.37. The Bertz CT molecular complexity index is 1190. The lowest BCUT2D eigenvalue weighted by Crippen LogP contribution is -2.45. The lowest BCUT2D eigenvalue weighted by molar-refractivity contribution is -0.126. The maximum atomic E-state index is 13.1. The lowest BCUT2D eigenvalue weighted by atomic mass is 9.99. The van der Waals surface area contributed by atoms with E-state index in [9.17, 15) is 17.6 Å². The number of sulfonamides is 1. The Morgan fingerprint density at radius 3 is 2.71 bits per heavy atom. The zero-order valence-corrected chi connectivity index (χ0v) is 18.1. The molecule has 0 saturated carbocycles. The van der Waals surface area contributed by atoms with Crippen LogP contribution in [0.5, 0.6) is 0 Å². The van der Waals surface area contributed by atoms with Gasteiger partial charge in [0.1, 0.15) is 11.6 Å². The minimum atomic E-state index is -3.76. The number of para-hydroxylation sites is 2. The molecule has 0 aliphatic carbocycles. The summed E-state index contributed by atoms with van der Waals surface area (Å²) in [4.78, 5) is 17.3. The molecule has 2 aromatic carbocycles. The van der Waals surface area contributed by atoms with E-state index in [1.54, 1.807) is 0 Å². The summed E-state index contributed by atoms with van der Waals surface area (Å²) < 4.78 is 42.2. The summed E-state index contributed by atoms with van der Waals surface area (Å²) in [6.45, 7) is 3.42. The van der Waals surface area contributed by atoms with E-state index in [0.717, 1.165) is 29.0 Å². The molecule has 0 bridgehead atoms. The van der Waals surface area contributed by atoms with E-state index in [4.69, 9.17) is 0 Å². The first kappa shape index (κ1) is 21.5. The van der Waals surface area contributed by atoms with Gasteiger partial charge in [0, 0.05) is 26.2 Å². The minimum absolute atomic E-state index is 0.0393. The molecule has 0 spiro atoms. The third-order valence-corrected chi connectivity index (χ3v) is 7.57. The Hall–Kier alpha value is -2.78. The van der Waals surface area contributed by atoms with Gasteiger partial charge in [0.05, 0.1) is 21.8 Å². The van der Waals surface area contributed by atoms with Crippen molar-refractivity contribution >= 4 is 27.0 Å². The standard InChI is InChI=1S/C22H25FN4O3S/c1-16-25-20-6-2-3-7-21(20)27(16)14-12-24-22(28)17-5-4-13-26(15-17)31(29,30)19-10-8-18(23)9-11-19/h2-3,6-11,17H,4-5,12-15H2,1H3,(H,24,28)/t17-/m0/s1. The normalized spacial score (nSPS) is 17.7. The highest BCUT2D eigenvalue weighted by atomic mass is 32.2. The summed E-state index contributed by atoms with van der Waals surface area (Å²) in [6, 6.07) is 12.6. The number of halogens is 1. The van der Waals surface area contributed by atoms with Crippen molar-refractivity contribution in [3.05, 3.63) is 60.2 Å². The molecule has 1 aliphatic heterocycles. The molecule has 1 amide bonds. The molecule has 1 aromatic heterocycles. The second-order valence-electron chi connectivity index (χ2n) is 7.75. The summed E-state index contributed by atoms with van der Waals surface area (Å²) in [6.07, 6.45) is 1.23. The van der Waals surface area contributed by atoms with Gasteiger partial charge in [0.25, 0.3) is 0 Å². The van der Waals surface area contributed by atoms with Crippen molar-refractivity contribution in [3.63, 3.8) is 0 Å². The second kappa shape index (κ2) is 8.76. The first-order valence-electron chi connectivity index (χ1n) is 10.3. The molecule has 0 unspecified atom stereocenters. The average molecular weight is 445 g/mol. The number of hydrogen-bond acceptors (Lipinski definition) is 4. The fourth-order valence-electron chi connectivity index (χ4n) is 4.04. The summed E-state index contributed by atoms with van der Waals surface area (Å²) >= 11 is 0. The molecule has 1 saturated heterocycles. The number of nitrogens with zero attached hydrogens (tertiary/aromatic N) is 3. The van der Waals surface area contributed by atoms with E-state index in [1.807, 2.05) is 31.2 Å². The van der Waals surface area contributed by atoms with Crippen LogP contribution >= 0.6 is 0 Å². The number of aromatic nitrogens is 2. The molecular formula is C22H25FN4O3S. The molecule has 1 fully saturated rings. The van der Waals surface area contributed by atoms with Crippen LogP contribution in [-0.4, -0.2) is 47.8 Å². The van der Waals surface area contributed by atoms with Gasteiger partial charge >= 0.3 is 0 Å². The van der Waals surface area contributed by atoms with Crippen LogP contribution in [0.25, 0.3) is 11.0 Å². The maximum absolute atomic E-state index is 13.1. The van der Waals surface area contributed by atoms with E-state index >= 15 is 0 Å². The number of amides is 1. The van der Waals surface area contributed by atoms with E-state index in [2.05, 4.69) is 14.9 Å². The van der Waals surface area contributed by atoms with Crippen LogP contribution in [0.3, 0.4) is 0 Å². The van der Waals surface area contributed by atoms with E-state index in [0.29, 0.717) is 32.5 Å². The Morgan fingerprint density at radius 2 is 1.94 bits per heavy atom. The monoisotopic (exact) mass is 444 g/mol. The molecule has 0 radical (unpaired) electrons. The molecule has 3 aromatic rings. The predicted molar refractivity (Wildman–Crippen MR) is 115 cm³/mol. The van der Waals surface area contributed by atoms with Gasteiger partial charge in [-0.25, -0.2) is 17.8 Å². The smallest absolute Gasteiger partial charge is 0.243 e. The molecule has 31 heavy (non-hydrogen) atoms. The number of aryl methyl sites for hydroxylation is 1. The molecule has 1 atom stereocenters.